The molecule has 0 saturated carbocycles. The summed E-state index contributed by atoms with van der Waals surface area (Å²) >= 11 is 5.79. The van der Waals surface area contributed by atoms with E-state index in [2.05, 4.69) is 11.3 Å². The number of aromatic nitrogens is 2. The van der Waals surface area contributed by atoms with E-state index in [0.717, 1.165) is 15.9 Å². The minimum Gasteiger partial charge on any atom is -0.267 e. The van der Waals surface area contributed by atoms with Gasteiger partial charge in [-0.1, -0.05) is 11.6 Å². The topological polar surface area (TPSA) is 17.8 Å². The molecule has 0 spiro atoms. The van der Waals surface area contributed by atoms with Crippen LogP contribution in [0.5, 0.6) is 0 Å². The van der Waals surface area contributed by atoms with E-state index < -0.39 is 0 Å². The number of aryl methyl sites for hydroxylation is 1. The van der Waals surface area contributed by atoms with E-state index in [4.69, 9.17) is 11.6 Å². The van der Waals surface area contributed by atoms with Gasteiger partial charge in [-0.05, 0) is 18.2 Å². The van der Waals surface area contributed by atoms with E-state index in [1.165, 1.54) is 0 Å². The van der Waals surface area contributed by atoms with Crippen molar-refractivity contribution in [2.24, 2.45) is 7.05 Å². The molecule has 1 heterocycles. The maximum atomic E-state index is 5.79. The van der Waals surface area contributed by atoms with Crippen LogP contribution in [0, 0.1) is 6.20 Å². The molecule has 2 nitrogen and oxygen atoms in total. The molecular formula is C8H6ClN2. The second kappa shape index (κ2) is 2.24. The van der Waals surface area contributed by atoms with Crippen LogP contribution in [0.3, 0.4) is 0 Å². The zero-order valence-electron chi connectivity index (χ0n) is 6.00. The van der Waals surface area contributed by atoms with Gasteiger partial charge in [0, 0.05) is 17.5 Å². The van der Waals surface area contributed by atoms with Crippen LogP contribution in [-0.2, 0) is 7.05 Å². The first kappa shape index (κ1) is 6.68. The Morgan fingerprint density at radius 1 is 1.55 bits per heavy atom. The monoisotopic (exact) mass is 165 g/mol. The highest BCUT2D eigenvalue weighted by Crippen LogP contribution is 2.17. The van der Waals surface area contributed by atoms with Crippen molar-refractivity contribution in [3.63, 3.8) is 0 Å². The zero-order valence-corrected chi connectivity index (χ0v) is 6.76. The smallest absolute Gasteiger partial charge is 0.121 e. The second-order valence-electron chi connectivity index (χ2n) is 2.40. The summed E-state index contributed by atoms with van der Waals surface area (Å²) in [5.74, 6) is 0. The fourth-order valence-corrected chi connectivity index (χ4v) is 1.22. The summed E-state index contributed by atoms with van der Waals surface area (Å²) < 4.78 is 1.75. The lowest BCUT2D eigenvalue weighted by atomic mass is 10.3. The number of fused-ring (bicyclic) bond motifs is 1. The van der Waals surface area contributed by atoms with Crippen LogP contribution in [0.15, 0.2) is 18.2 Å². The van der Waals surface area contributed by atoms with Crippen molar-refractivity contribution < 1.29 is 0 Å². The largest absolute Gasteiger partial charge is 0.267 e. The SMILES string of the molecule is Cn1n[c]c2ccc(Cl)cc21. The number of rotatable bonds is 0. The summed E-state index contributed by atoms with van der Waals surface area (Å²) in [6.45, 7) is 0. The van der Waals surface area contributed by atoms with Crippen LogP contribution < -0.4 is 0 Å². The molecule has 0 amide bonds. The molecule has 0 N–H and O–H groups in total. The highest BCUT2D eigenvalue weighted by Gasteiger charge is 1.98. The summed E-state index contributed by atoms with van der Waals surface area (Å²) in [7, 11) is 1.87. The summed E-state index contributed by atoms with van der Waals surface area (Å²) in [4.78, 5) is 0. The molecule has 0 unspecified atom stereocenters. The standard InChI is InChI=1S/C8H6ClN2/c1-11-8-4-7(9)3-2-6(8)5-10-11/h2-4H,1H3. The summed E-state index contributed by atoms with van der Waals surface area (Å²) in [5, 5.41) is 5.70. The van der Waals surface area contributed by atoms with Crippen LogP contribution in [0.2, 0.25) is 5.02 Å². The van der Waals surface area contributed by atoms with Crippen molar-refractivity contribution in [2.75, 3.05) is 0 Å². The lowest BCUT2D eigenvalue weighted by Gasteiger charge is -1.93. The molecule has 1 aromatic carbocycles. The van der Waals surface area contributed by atoms with Crippen molar-refractivity contribution in [3.8, 4) is 0 Å². The molecule has 3 heteroatoms. The van der Waals surface area contributed by atoms with Gasteiger partial charge in [0.2, 0.25) is 0 Å². The molecule has 2 rings (SSSR count). The minimum atomic E-state index is 0.731. The quantitative estimate of drug-likeness (QED) is 0.584. The van der Waals surface area contributed by atoms with E-state index in [-0.39, 0.29) is 0 Å². The Bertz CT molecular complexity index is 392. The fraction of sp³-hybridized carbons (Fsp3) is 0.125. The van der Waals surface area contributed by atoms with E-state index in [0.29, 0.717) is 0 Å². The molecule has 0 fully saturated rings. The van der Waals surface area contributed by atoms with Gasteiger partial charge in [-0.15, -0.1) is 0 Å². The van der Waals surface area contributed by atoms with Gasteiger partial charge in [-0.3, -0.25) is 4.68 Å². The highest BCUT2D eigenvalue weighted by molar-refractivity contribution is 6.31. The van der Waals surface area contributed by atoms with Gasteiger partial charge in [-0.2, -0.15) is 5.10 Å². The Labute approximate surface area is 69.4 Å². The van der Waals surface area contributed by atoms with Gasteiger partial charge < -0.3 is 0 Å². The van der Waals surface area contributed by atoms with Crippen molar-refractivity contribution in [1.82, 2.24) is 9.78 Å². The Hall–Kier alpha value is -1.02. The molecule has 1 radical (unpaired) electrons. The normalized spacial score (nSPS) is 10.7. The number of benzene rings is 1. The van der Waals surface area contributed by atoms with Crippen molar-refractivity contribution in [2.45, 2.75) is 0 Å². The molecule has 0 aliphatic carbocycles. The Kier molecular flexibility index (Phi) is 1.36. The highest BCUT2D eigenvalue weighted by atomic mass is 35.5. The van der Waals surface area contributed by atoms with E-state index in [9.17, 15) is 0 Å². The first-order valence-electron chi connectivity index (χ1n) is 3.27. The molecule has 0 aliphatic rings. The molecule has 55 valence electrons. The van der Waals surface area contributed by atoms with E-state index >= 15 is 0 Å². The molecule has 1 aromatic heterocycles. The fourth-order valence-electron chi connectivity index (χ4n) is 1.05. The summed E-state index contributed by atoms with van der Waals surface area (Å²) in [6.07, 6.45) is 2.87. The van der Waals surface area contributed by atoms with Crippen molar-refractivity contribution >= 4 is 22.5 Å². The molecule has 0 aliphatic heterocycles. The van der Waals surface area contributed by atoms with Crippen LogP contribution in [0.4, 0.5) is 0 Å². The van der Waals surface area contributed by atoms with Gasteiger partial charge in [0.05, 0.1) is 5.52 Å². The average molecular weight is 166 g/mol. The maximum absolute atomic E-state index is 5.79. The minimum absolute atomic E-state index is 0.731. The van der Waals surface area contributed by atoms with Gasteiger partial charge in [-0.25, -0.2) is 0 Å². The first-order chi connectivity index (χ1) is 5.27. The van der Waals surface area contributed by atoms with Crippen LogP contribution in [0.25, 0.3) is 10.9 Å². The predicted octanol–water partition coefficient (Wildman–Crippen LogP) is 2.03. The Morgan fingerprint density at radius 3 is 3.18 bits per heavy atom. The Morgan fingerprint density at radius 2 is 2.36 bits per heavy atom. The third-order valence-corrected chi connectivity index (χ3v) is 1.86. The van der Waals surface area contributed by atoms with Crippen LogP contribution in [0.1, 0.15) is 0 Å². The third-order valence-electron chi connectivity index (χ3n) is 1.63. The van der Waals surface area contributed by atoms with Gasteiger partial charge in [0.25, 0.3) is 0 Å². The Balaban J connectivity index is 2.87. The molecule has 0 atom stereocenters. The van der Waals surface area contributed by atoms with Crippen LogP contribution >= 0.6 is 11.6 Å². The van der Waals surface area contributed by atoms with Gasteiger partial charge in [0.15, 0.2) is 0 Å². The van der Waals surface area contributed by atoms with Gasteiger partial charge in [0.1, 0.15) is 6.20 Å². The lowest BCUT2D eigenvalue weighted by molar-refractivity contribution is 0.794. The number of hydrogen-bond donors (Lipinski definition) is 0. The lowest BCUT2D eigenvalue weighted by Crippen LogP contribution is -1.87. The molecule has 0 bridgehead atoms. The van der Waals surface area contributed by atoms with E-state index in [1.807, 2.05) is 25.2 Å². The molecular weight excluding hydrogens is 160 g/mol. The maximum Gasteiger partial charge on any atom is 0.121 e. The molecule has 2 aromatic rings. The zero-order chi connectivity index (χ0) is 7.84. The van der Waals surface area contributed by atoms with Crippen molar-refractivity contribution in [3.05, 3.63) is 29.4 Å². The summed E-state index contributed by atoms with van der Waals surface area (Å²) in [5.41, 5.74) is 1.01. The number of halogens is 1. The van der Waals surface area contributed by atoms with Crippen molar-refractivity contribution in [1.29, 1.82) is 0 Å². The molecule has 0 saturated heterocycles. The second-order valence-corrected chi connectivity index (χ2v) is 2.83. The number of hydrogen-bond acceptors (Lipinski definition) is 1. The predicted molar refractivity (Wildman–Crippen MR) is 44.6 cm³/mol. The summed E-state index contributed by atoms with van der Waals surface area (Å²) in [6, 6.07) is 5.62. The van der Waals surface area contributed by atoms with E-state index in [1.54, 1.807) is 4.68 Å². The number of nitrogens with zero attached hydrogens (tertiary/aromatic N) is 2. The molecule has 11 heavy (non-hydrogen) atoms. The van der Waals surface area contributed by atoms with Gasteiger partial charge >= 0.3 is 0 Å². The average Bonchev–Trinajstić information content (AvgIpc) is 2.33. The third kappa shape index (κ3) is 0.994. The first-order valence-corrected chi connectivity index (χ1v) is 3.65. The van der Waals surface area contributed by atoms with Crippen LogP contribution in [-0.4, -0.2) is 9.78 Å².